The number of rotatable bonds is 23. The molecule has 1 saturated heterocycles. The highest BCUT2D eigenvalue weighted by atomic mass is 32.1. The number of hydrogen-bond acceptors (Lipinski definition) is 12. The van der Waals surface area contributed by atoms with E-state index in [-0.39, 0.29) is 29.6 Å². The first-order valence-electron chi connectivity index (χ1n) is 17.9. The van der Waals surface area contributed by atoms with Crippen molar-refractivity contribution < 1.29 is 38.1 Å². The van der Waals surface area contributed by atoms with Gasteiger partial charge in [0.1, 0.15) is 29.1 Å². The molecule has 1 unspecified atom stereocenters. The Morgan fingerprint density at radius 3 is 2.24 bits per heavy atom. The molecule has 14 heteroatoms. The van der Waals surface area contributed by atoms with Gasteiger partial charge >= 0.3 is 0 Å². The monoisotopic (exact) mass is 717 g/mol. The summed E-state index contributed by atoms with van der Waals surface area (Å²) in [5, 5.41) is 8.56. The molecule has 4 rings (SSSR count). The number of nitrogens with two attached hydrogens (primary N) is 1. The molecular formula is C36H55N5O8S. The average Bonchev–Trinajstić information content (AvgIpc) is 3.84. The number of benzene rings is 1. The molecule has 278 valence electrons. The zero-order valence-corrected chi connectivity index (χ0v) is 30.4. The standard InChI is InChI=1S/C36H55N5O8S/c1-26(38-2)34(43)40-32(27-8-4-3-5-9-27)36(44)41-14-7-12-31(41)35-39-30(25-50-35)33(42)28-10-6-11-29(24-28)49-23-22-48-21-20-47-19-18-46-17-16-45-15-13-37/h6,10-11,24-27,31-32,38H,3-5,7-9,12-23,37H2,1-2H3,(H,40,43)/t26-,31-,32?/m0/s1. The lowest BCUT2D eigenvalue weighted by Gasteiger charge is -2.35. The zero-order valence-electron chi connectivity index (χ0n) is 29.6. The SMILES string of the molecule is CN[C@@H](C)C(=O)NC(C(=O)N1CCC[C@H]1c1nc(C(=O)c2cccc(OCCOCCOCCOCCOCCN)c2)cs1)C1CCCCC1. The van der Waals surface area contributed by atoms with E-state index in [0.29, 0.717) is 89.6 Å². The quantitative estimate of drug-likeness (QED) is 0.114. The summed E-state index contributed by atoms with van der Waals surface area (Å²) < 4.78 is 27.5. The minimum absolute atomic E-state index is 0.0497. The van der Waals surface area contributed by atoms with Crippen LogP contribution >= 0.6 is 11.3 Å². The van der Waals surface area contributed by atoms with E-state index in [4.69, 9.17) is 34.4 Å². The van der Waals surface area contributed by atoms with Gasteiger partial charge in [-0.25, -0.2) is 4.98 Å². The van der Waals surface area contributed by atoms with Crippen molar-refractivity contribution in [1.82, 2.24) is 20.5 Å². The number of amides is 2. The third-order valence-corrected chi connectivity index (χ3v) is 10.0. The fraction of sp³-hybridized carbons (Fsp3) is 0.667. The lowest BCUT2D eigenvalue weighted by atomic mass is 9.83. The molecule has 2 aromatic rings. The summed E-state index contributed by atoms with van der Waals surface area (Å²) in [6, 6.07) is 5.85. The van der Waals surface area contributed by atoms with Gasteiger partial charge in [0.15, 0.2) is 0 Å². The Morgan fingerprint density at radius 2 is 1.58 bits per heavy atom. The van der Waals surface area contributed by atoms with Crippen LogP contribution in [0.5, 0.6) is 5.75 Å². The molecule has 4 N–H and O–H groups in total. The van der Waals surface area contributed by atoms with E-state index in [9.17, 15) is 14.4 Å². The van der Waals surface area contributed by atoms with E-state index >= 15 is 0 Å². The molecule has 1 aliphatic carbocycles. The Bertz CT molecular complexity index is 1320. The number of thiazole rings is 1. The second-order valence-corrected chi connectivity index (χ2v) is 13.5. The van der Waals surface area contributed by atoms with Gasteiger partial charge < -0.3 is 45.0 Å². The van der Waals surface area contributed by atoms with Crippen LogP contribution in [0.1, 0.15) is 79.0 Å². The van der Waals surface area contributed by atoms with E-state index in [1.807, 2.05) is 4.90 Å². The Kier molecular flexibility index (Phi) is 17.6. The van der Waals surface area contributed by atoms with E-state index in [0.717, 1.165) is 50.0 Å². The maximum Gasteiger partial charge on any atom is 0.246 e. The van der Waals surface area contributed by atoms with Crippen LogP contribution < -0.4 is 21.1 Å². The van der Waals surface area contributed by atoms with Crippen LogP contribution in [-0.4, -0.2) is 119 Å². The first-order chi connectivity index (χ1) is 24.4. The number of nitrogens with zero attached hydrogens (tertiary/aromatic N) is 2. The molecule has 2 fully saturated rings. The number of carbonyl (C=O) groups is 3. The predicted molar refractivity (Wildman–Crippen MR) is 191 cm³/mol. The van der Waals surface area contributed by atoms with Gasteiger partial charge in [-0.05, 0) is 57.7 Å². The van der Waals surface area contributed by atoms with Crippen molar-refractivity contribution in [2.45, 2.75) is 70.0 Å². The van der Waals surface area contributed by atoms with Crippen molar-refractivity contribution in [3.63, 3.8) is 0 Å². The number of nitrogens with one attached hydrogen (secondary N) is 2. The highest BCUT2D eigenvalue weighted by Crippen LogP contribution is 2.36. The molecule has 0 radical (unpaired) electrons. The van der Waals surface area contributed by atoms with Gasteiger partial charge in [-0.1, -0.05) is 31.4 Å². The Balaban J connectivity index is 1.24. The molecule has 0 bridgehead atoms. The second kappa shape index (κ2) is 22.1. The lowest BCUT2D eigenvalue weighted by molar-refractivity contribution is -0.139. The maximum absolute atomic E-state index is 14.1. The number of ether oxygens (including phenoxy) is 5. The predicted octanol–water partition coefficient (Wildman–Crippen LogP) is 3.11. The number of aromatic nitrogens is 1. The van der Waals surface area contributed by atoms with Gasteiger partial charge in [-0.2, -0.15) is 0 Å². The van der Waals surface area contributed by atoms with Crippen LogP contribution in [0.4, 0.5) is 0 Å². The smallest absolute Gasteiger partial charge is 0.246 e. The van der Waals surface area contributed by atoms with Gasteiger partial charge in [0.25, 0.3) is 0 Å². The fourth-order valence-electron chi connectivity index (χ4n) is 6.21. The van der Waals surface area contributed by atoms with Crippen molar-refractivity contribution >= 4 is 28.9 Å². The summed E-state index contributed by atoms with van der Waals surface area (Å²) in [4.78, 5) is 47.0. The minimum Gasteiger partial charge on any atom is -0.491 e. The van der Waals surface area contributed by atoms with Crippen molar-refractivity contribution in [3.05, 3.63) is 45.9 Å². The second-order valence-electron chi connectivity index (χ2n) is 12.6. The number of hydrogen-bond donors (Lipinski definition) is 3. The summed E-state index contributed by atoms with van der Waals surface area (Å²) >= 11 is 1.40. The Morgan fingerprint density at radius 1 is 0.920 bits per heavy atom. The molecule has 1 aromatic heterocycles. The lowest BCUT2D eigenvalue weighted by Crippen LogP contribution is -2.55. The van der Waals surface area contributed by atoms with Crippen molar-refractivity contribution in [3.8, 4) is 5.75 Å². The van der Waals surface area contributed by atoms with Crippen molar-refractivity contribution in [2.75, 3.05) is 79.6 Å². The number of ketones is 1. The first kappa shape index (κ1) is 39.8. The normalized spacial score (nSPS) is 17.8. The van der Waals surface area contributed by atoms with Crippen LogP contribution in [0.2, 0.25) is 0 Å². The molecule has 2 amide bonds. The highest BCUT2D eigenvalue weighted by molar-refractivity contribution is 7.10. The van der Waals surface area contributed by atoms with Gasteiger partial charge in [0.2, 0.25) is 17.6 Å². The molecular weight excluding hydrogens is 662 g/mol. The van der Waals surface area contributed by atoms with Gasteiger partial charge in [0, 0.05) is 24.0 Å². The fourth-order valence-corrected chi connectivity index (χ4v) is 7.15. The summed E-state index contributed by atoms with van der Waals surface area (Å²) in [6.45, 7) is 7.02. The van der Waals surface area contributed by atoms with Crippen LogP contribution in [0.25, 0.3) is 0 Å². The van der Waals surface area contributed by atoms with E-state index in [1.165, 1.54) is 11.3 Å². The molecule has 1 aliphatic heterocycles. The molecule has 2 aliphatic rings. The van der Waals surface area contributed by atoms with Crippen LogP contribution in [0, 0.1) is 5.92 Å². The zero-order chi connectivity index (χ0) is 35.6. The largest absolute Gasteiger partial charge is 0.491 e. The van der Waals surface area contributed by atoms with Gasteiger partial charge in [-0.15, -0.1) is 11.3 Å². The molecule has 50 heavy (non-hydrogen) atoms. The third kappa shape index (κ3) is 12.4. The molecule has 2 heterocycles. The van der Waals surface area contributed by atoms with E-state index in [2.05, 4.69) is 10.6 Å². The van der Waals surface area contributed by atoms with Crippen molar-refractivity contribution in [1.29, 1.82) is 0 Å². The van der Waals surface area contributed by atoms with Crippen LogP contribution in [0.3, 0.4) is 0 Å². The summed E-state index contributed by atoms with van der Waals surface area (Å²) in [6.07, 6.45) is 6.74. The van der Waals surface area contributed by atoms with Gasteiger partial charge in [-0.3, -0.25) is 14.4 Å². The molecule has 1 saturated carbocycles. The topological polar surface area (TPSA) is 164 Å². The van der Waals surface area contributed by atoms with E-state index < -0.39 is 12.1 Å². The van der Waals surface area contributed by atoms with Crippen LogP contribution in [0.15, 0.2) is 29.6 Å². The molecule has 3 atom stereocenters. The van der Waals surface area contributed by atoms with E-state index in [1.54, 1.807) is 43.6 Å². The molecule has 1 aromatic carbocycles. The Hall–Kier alpha value is -2.98. The number of likely N-dealkylation sites (tertiary alicyclic amines) is 1. The minimum atomic E-state index is -0.565. The average molecular weight is 718 g/mol. The first-order valence-corrected chi connectivity index (χ1v) is 18.8. The molecule has 13 nitrogen and oxygen atoms in total. The molecule has 0 spiro atoms. The highest BCUT2D eigenvalue weighted by Gasteiger charge is 2.40. The summed E-state index contributed by atoms with van der Waals surface area (Å²) in [5.74, 6) is 0.253. The number of carbonyl (C=O) groups excluding carboxylic acids is 3. The third-order valence-electron chi connectivity index (χ3n) is 9.06. The van der Waals surface area contributed by atoms with Crippen molar-refractivity contribution in [2.24, 2.45) is 11.7 Å². The summed E-state index contributed by atoms with van der Waals surface area (Å²) in [5.41, 5.74) is 6.18. The van der Waals surface area contributed by atoms with Gasteiger partial charge in [0.05, 0.1) is 64.9 Å². The van der Waals surface area contributed by atoms with Crippen LogP contribution in [-0.2, 0) is 28.5 Å². The Labute approximate surface area is 299 Å². The maximum atomic E-state index is 14.1. The summed E-state index contributed by atoms with van der Waals surface area (Å²) in [7, 11) is 1.74. The number of likely N-dealkylation sites (N-methyl/N-ethyl adjacent to an activating group) is 1.